The molecule has 0 N–H and O–H groups in total. The van der Waals surface area contributed by atoms with Crippen LogP contribution in [0.25, 0.3) is 0 Å². The lowest BCUT2D eigenvalue weighted by Crippen LogP contribution is -2.17. The fourth-order valence-electron chi connectivity index (χ4n) is 1.54. The number of hydrogen-bond acceptors (Lipinski definition) is 4. The first-order valence-corrected chi connectivity index (χ1v) is 4.76. The molecule has 1 aliphatic rings. The molecule has 0 saturated carbocycles. The third-order valence-electron chi connectivity index (χ3n) is 2.21. The quantitative estimate of drug-likeness (QED) is 0.555. The van der Waals surface area contributed by atoms with Gasteiger partial charge in [0.1, 0.15) is 13.2 Å². The van der Waals surface area contributed by atoms with E-state index in [-0.39, 0.29) is 11.5 Å². The summed E-state index contributed by atoms with van der Waals surface area (Å²) in [6.07, 6.45) is 0.375. The van der Waals surface area contributed by atoms with Crippen LogP contribution < -0.4 is 9.47 Å². The Morgan fingerprint density at radius 2 is 2.13 bits per heavy atom. The molecule has 15 heavy (non-hydrogen) atoms. The molecule has 1 aromatic rings. The van der Waals surface area contributed by atoms with Gasteiger partial charge in [-0.05, 0) is 6.07 Å². The van der Waals surface area contributed by atoms with E-state index in [4.69, 9.17) is 9.47 Å². The maximum atomic E-state index is 10.3. The average Bonchev–Trinajstić information content (AvgIpc) is 2.26. The Balaban J connectivity index is 2.19. The van der Waals surface area contributed by atoms with Gasteiger partial charge in [0.2, 0.25) is 6.54 Å². The Morgan fingerprint density at radius 1 is 1.33 bits per heavy atom. The van der Waals surface area contributed by atoms with Crippen molar-refractivity contribution in [3.63, 3.8) is 0 Å². The first kappa shape index (κ1) is 9.76. The molecule has 0 saturated heterocycles. The SMILES string of the molecule is O=[N+]([O-])CCc1cccc2c1OCCO2. The molecule has 0 aromatic heterocycles. The molecule has 0 fully saturated rings. The standard InChI is InChI=1S/C10H11NO4/c12-11(13)5-4-8-2-1-3-9-10(8)15-7-6-14-9/h1-3H,4-7H2. The van der Waals surface area contributed by atoms with Crippen molar-refractivity contribution in [1.82, 2.24) is 0 Å². The van der Waals surface area contributed by atoms with Crippen molar-refractivity contribution in [3.05, 3.63) is 33.9 Å². The number of nitrogens with zero attached hydrogens (tertiary/aromatic N) is 1. The lowest BCUT2D eigenvalue weighted by atomic mass is 10.1. The van der Waals surface area contributed by atoms with Crippen molar-refractivity contribution in [1.29, 1.82) is 0 Å². The number of hydrogen-bond donors (Lipinski definition) is 0. The van der Waals surface area contributed by atoms with E-state index < -0.39 is 0 Å². The maximum Gasteiger partial charge on any atom is 0.208 e. The van der Waals surface area contributed by atoms with E-state index in [2.05, 4.69) is 0 Å². The van der Waals surface area contributed by atoms with Crippen LogP contribution in [0.3, 0.4) is 0 Å². The second-order valence-electron chi connectivity index (χ2n) is 3.25. The van der Waals surface area contributed by atoms with Gasteiger partial charge in [-0.3, -0.25) is 10.1 Å². The molecule has 1 heterocycles. The van der Waals surface area contributed by atoms with Crippen LogP contribution in [0.1, 0.15) is 5.56 Å². The average molecular weight is 209 g/mol. The molecule has 0 bridgehead atoms. The van der Waals surface area contributed by atoms with Crippen LogP contribution in [0.15, 0.2) is 18.2 Å². The van der Waals surface area contributed by atoms with Crippen LogP contribution in [0, 0.1) is 10.1 Å². The van der Waals surface area contributed by atoms with E-state index in [1.165, 1.54) is 0 Å². The number of ether oxygens (including phenoxy) is 2. The van der Waals surface area contributed by atoms with Crippen LogP contribution >= 0.6 is 0 Å². The van der Waals surface area contributed by atoms with Gasteiger partial charge in [-0.25, -0.2) is 0 Å². The summed E-state index contributed by atoms with van der Waals surface area (Å²) in [5.74, 6) is 1.34. The number of benzene rings is 1. The monoisotopic (exact) mass is 209 g/mol. The van der Waals surface area contributed by atoms with Gasteiger partial charge in [0.15, 0.2) is 11.5 Å². The predicted molar refractivity (Wildman–Crippen MR) is 53.0 cm³/mol. The fourth-order valence-corrected chi connectivity index (χ4v) is 1.54. The first-order chi connectivity index (χ1) is 7.27. The summed E-state index contributed by atoms with van der Waals surface area (Å²) in [5.41, 5.74) is 0.837. The molecule has 0 aliphatic carbocycles. The van der Waals surface area contributed by atoms with Crippen LogP contribution in [0.2, 0.25) is 0 Å². The minimum atomic E-state index is -0.330. The van der Waals surface area contributed by atoms with Gasteiger partial charge in [0.05, 0.1) is 0 Å². The third-order valence-corrected chi connectivity index (χ3v) is 2.21. The van der Waals surface area contributed by atoms with Crippen LogP contribution in [-0.4, -0.2) is 24.7 Å². The zero-order chi connectivity index (χ0) is 10.7. The molecule has 0 radical (unpaired) electrons. The van der Waals surface area contributed by atoms with Crippen molar-refractivity contribution in [2.45, 2.75) is 6.42 Å². The third kappa shape index (κ3) is 2.18. The van der Waals surface area contributed by atoms with Crippen LogP contribution in [0.5, 0.6) is 11.5 Å². The van der Waals surface area contributed by atoms with Crippen molar-refractivity contribution in [2.75, 3.05) is 19.8 Å². The topological polar surface area (TPSA) is 61.6 Å². The van der Waals surface area contributed by atoms with Crippen molar-refractivity contribution in [3.8, 4) is 11.5 Å². The van der Waals surface area contributed by atoms with Gasteiger partial charge in [-0.2, -0.15) is 0 Å². The fraction of sp³-hybridized carbons (Fsp3) is 0.400. The second-order valence-corrected chi connectivity index (χ2v) is 3.25. The Kier molecular flexibility index (Phi) is 2.71. The van der Waals surface area contributed by atoms with Gasteiger partial charge in [-0.15, -0.1) is 0 Å². The van der Waals surface area contributed by atoms with E-state index in [1.54, 1.807) is 0 Å². The predicted octanol–water partition coefficient (Wildman–Crippen LogP) is 1.28. The summed E-state index contributed by atoms with van der Waals surface area (Å²) in [4.78, 5) is 9.94. The summed E-state index contributed by atoms with van der Waals surface area (Å²) in [6, 6.07) is 5.46. The summed E-state index contributed by atoms with van der Waals surface area (Å²) < 4.78 is 10.8. The molecule has 80 valence electrons. The Labute approximate surface area is 86.8 Å². The summed E-state index contributed by atoms with van der Waals surface area (Å²) in [7, 11) is 0. The first-order valence-electron chi connectivity index (χ1n) is 4.76. The van der Waals surface area contributed by atoms with Crippen molar-refractivity contribution >= 4 is 0 Å². The van der Waals surface area contributed by atoms with E-state index in [0.717, 1.165) is 5.56 Å². The highest BCUT2D eigenvalue weighted by Gasteiger charge is 2.16. The van der Waals surface area contributed by atoms with Gasteiger partial charge in [0.25, 0.3) is 0 Å². The largest absolute Gasteiger partial charge is 0.486 e. The van der Waals surface area contributed by atoms with Crippen molar-refractivity contribution < 1.29 is 14.4 Å². The van der Waals surface area contributed by atoms with E-state index in [9.17, 15) is 10.1 Å². The minimum absolute atomic E-state index is 0.0835. The highest BCUT2D eigenvalue weighted by atomic mass is 16.6. The zero-order valence-corrected chi connectivity index (χ0v) is 8.14. The molecule has 0 atom stereocenters. The smallest absolute Gasteiger partial charge is 0.208 e. The zero-order valence-electron chi connectivity index (χ0n) is 8.14. The lowest BCUT2D eigenvalue weighted by molar-refractivity contribution is -0.479. The minimum Gasteiger partial charge on any atom is -0.486 e. The maximum absolute atomic E-state index is 10.3. The normalized spacial score (nSPS) is 13.6. The van der Waals surface area contributed by atoms with Crippen LogP contribution in [0.4, 0.5) is 0 Å². The molecule has 0 unspecified atom stereocenters. The Hall–Kier alpha value is -1.78. The highest BCUT2D eigenvalue weighted by Crippen LogP contribution is 2.33. The summed E-state index contributed by atoms with van der Waals surface area (Å²) >= 11 is 0. The van der Waals surface area contributed by atoms with E-state index in [0.29, 0.717) is 31.1 Å². The van der Waals surface area contributed by atoms with E-state index in [1.807, 2.05) is 18.2 Å². The molecule has 0 amide bonds. The number of nitro groups is 1. The number of rotatable bonds is 3. The molecule has 5 nitrogen and oxygen atoms in total. The molecule has 5 heteroatoms. The lowest BCUT2D eigenvalue weighted by Gasteiger charge is -2.20. The second kappa shape index (κ2) is 4.16. The highest BCUT2D eigenvalue weighted by molar-refractivity contribution is 5.47. The molecule has 0 spiro atoms. The molecule has 1 aliphatic heterocycles. The van der Waals surface area contributed by atoms with Crippen molar-refractivity contribution in [2.24, 2.45) is 0 Å². The number of para-hydroxylation sites is 1. The summed E-state index contributed by atoms with van der Waals surface area (Å²) in [6.45, 7) is 0.952. The molecule has 1 aromatic carbocycles. The Bertz CT molecular complexity index is 378. The van der Waals surface area contributed by atoms with E-state index >= 15 is 0 Å². The summed E-state index contributed by atoms with van der Waals surface area (Å²) in [5, 5.41) is 10.3. The molecular weight excluding hydrogens is 198 g/mol. The van der Waals surface area contributed by atoms with Gasteiger partial charge in [0, 0.05) is 16.9 Å². The molecular formula is C10H11NO4. The molecule has 2 rings (SSSR count). The Morgan fingerprint density at radius 3 is 2.93 bits per heavy atom. The van der Waals surface area contributed by atoms with Gasteiger partial charge in [-0.1, -0.05) is 12.1 Å². The van der Waals surface area contributed by atoms with Gasteiger partial charge >= 0.3 is 0 Å². The van der Waals surface area contributed by atoms with Gasteiger partial charge < -0.3 is 9.47 Å². The number of fused-ring (bicyclic) bond motifs is 1. The van der Waals surface area contributed by atoms with Crippen LogP contribution in [-0.2, 0) is 6.42 Å².